The van der Waals surface area contributed by atoms with E-state index in [9.17, 15) is 5.11 Å². The zero-order valence-electron chi connectivity index (χ0n) is 12.4. The topological polar surface area (TPSA) is 59.7 Å². The molecule has 1 unspecified atom stereocenters. The Morgan fingerprint density at radius 3 is 2.55 bits per heavy atom. The molecule has 2 atom stereocenters. The summed E-state index contributed by atoms with van der Waals surface area (Å²) < 4.78 is 10.7. The van der Waals surface area contributed by atoms with E-state index in [1.807, 2.05) is 6.07 Å². The van der Waals surface area contributed by atoms with Crippen molar-refractivity contribution in [2.45, 2.75) is 19.0 Å². The van der Waals surface area contributed by atoms with Crippen molar-refractivity contribution in [1.29, 1.82) is 0 Å². The van der Waals surface area contributed by atoms with Gasteiger partial charge in [0.05, 0.1) is 14.2 Å². The van der Waals surface area contributed by atoms with Crippen LogP contribution >= 0.6 is 0 Å². The first-order valence-electron chi connectivity index (χ1n) is 7.26. The van der Waals surface area contributed by atoms with Gasteiger partial charge < -0.3 is 24.8 Å². The van der Waals surface area contributed by atoms with Crippen LogP contribution < -0.4 is 19.7 Å². The second-order valence-corrected chi connectivity index (χ2v) is 5.33. The fraction of sp³-hybridized carbons (Fsp3) is 0.600. The lowest BCUT2D eigenvalue weighted by Crippen LogP contribution is -3.23. The van der Waals surface area contributed by atoms with Crippen molar-refractivity contribution in [1.82, 2.24) is 0 Å². The Kier molecular flexibility index (Phi) is 5.64. The van der Waals surface area contributed by atoms with Crippen molar-refractivity contribution in [2.75, 3.05) is 40.5 Å². The van der Waals surface area contributed by atoms with E-state index in [1.165, 1.54) is 10.5 Å². The summed E-state index contributed by atoms with van der Waals surface area (Å²) >= 11 is 0. The van der Waals surface area contributed by atoms with Crippen molar-refractivity contribution < 1.29 is 24.8 Å². The number of aliphatic hydroxyl groups is 1. The molecule has 0 bridgehead atoms. The largest absolute Gasteiger partial charge is 0.497 e. The van der Waals surface area contributed by atoms with Gasteiger partial charge in [-0.3, -0.25) is 0 Å². The molecule has 1 aromatic carbocycles. The smallest absolute Gasteiger partial charge is 0.140 e. The van der Waals surface area contributed by atoms with Crippen LogP contribution in [-0.4, -0.2) is 51.6 Å². The summed E-state index contributed by atoms with van der Waals surface area (Å²) in [4.78, 5) is 1.54. The minimum absolute atomic E-state index is 0.267. The second kappa shape index (κ2) is 7.47. The van der Waals surface area contributed by atoms with Gasteiger partial charge in [-0.2, -0.15) is 0 Å². The standard InChI is InChI=1S/C15H24N2O3/c1-19-14-7-12(8-15(9-14)20-2)11-17-5-4-16-10-13(17)3-6-18/h7-9,13,16,18H,3-6,10-11H2,1-2H3/p+2/t13-/m1/s1. The quantitative estimate of drug-likeness (QED) is 0.590. The van der Waals surface area contributed by atoms with E-state index in [1.54, 1.807) is 14.2 Å². The van der Waals surface area contributed by atoms with Gasteiger partial charge in [0.2, 0.25) is 0 Å². The molecule has 1 aliphatic heterocycles. The molecule has 1 aromatic rings. The van der Waals surface area contributed by atoms with Crippen LogP contribution in [0, 0.1) is 0 Å². The third-order valence-corrected chi connectivity index (χ3v) is 4.02. The first kappa shape index (κ1) is 15.1. The lowest BCUT2D eigenvalue weighted by atomic mass is 10.1. The van der Waals surface area contributed by atoms with Crippen molar-refractivity contribution in [3.05, 3.63) is 23.8 Å². The molecule has 0 amide bonds. The molecular weight excluding hydrogens is 256 g/mol. The number of piperazine rings is 1. The average Bonchev–Trinajstić information content (AvgIpc) is 2.49. The van der Waals surface area contributed by atoms with Gasteiger partial charge in [-0.15, -0.1) is 0 Å². The van der Waals surface area contributed by atoms with Gasteiger partial charge in [-0.1, -0.05) is 0 Å². The van der Waals surface area contributed by atoms with Crippen LogP contribution in [0.1, 0.15) is 12.0 Å². The highest BCUT2D eigenvalue weighted by Crippen LogP contribution is 2.22. The van der Waals surface area contributed by atoms with Crippen molar-refractivity contribution >= 4 is 0 Å². The highest BCUT2D eigenvalue weighted by Gasteiger charge is 2.28. The fourth-order valence-electron chi connectivity index (χ4n) is 2.92. The Bertz CT molecular complexity index is 401. The SMILES string of the molecule is COc1cc(C[NH+]2CC[NH2+]C[C@H]2CCO)cc(OC)c1. The number of hydrogen-bond acceptors (Lipinski definition) is 3. The summed E-state index contributed by atoms with van der Waals surface area (Å²) in [6.45, 7) is 4.59. The van der Waals surface area contributed by atoms with Crippen LogP contribution in [-0.2, 0) is 6.54 Å². The van der Waals surface area contributed by atoms with E-state index >= 15 is 0 Å². The molecule has 0 radical (unpaired) electrons. The van der Waals surface area contributed by atoms with E-state index in [0.29, 0.717) is 6.04 Å². The maximum Gasteiger partial charge on any atom is 0.140 e. The molecule has 2 rings (SSSR count). The predicted octanol–water partition coefficient (Wildman–Crippen LogP) is -1.58. The van der Waals surface area contributed by atoms with E-state index in [2.05, 4.69) is 17.4 Å². The van der Waals surface area contributed by atoms with Gasteiger partial charge in [-0.25, -0.2) is 0 Å². The molecule has 20 heavy (non-hydrogen) atoms. The normalized spacial score (nSPS) is 22.6. The summed E-state index contributed by atoms with van der Waals surface area (Å²) in [5.74, 6) is 1.67. The van der Waals surface area contributed by atoms with Crippen molar-refractivity contribution in [3.8, 4) is 11.5 Å². The van der Waals surface area contributed by atoms with Crippen LogP contribution in [0.2, 0.25) is 0 Å². The number of benzene rings is 1. The van der Waals surface area contributed by atoms with Gasteiger partial charge in [0, 0.05) is 24.7 Å². The van der Waals surface area contributed by atoms with Gasteiger partial charge in [-0.05, 0) is 12.1 Å². The molecule has 0 saturated carbocycles. The Morgan fingerprint density at radius 2 is 1.95 bits per heavy atom. The maximum absolute atomic E-state index is 9.20. The average molecular weight is 282 g/mol. The zero-order chi connectivity index (χ0) is 14.4. The number of methoxy groups -OCH3 is 2. The van der Waals surface area contributed by atoms with Gasteiger partial charge in [0.15, 0.2) is 0 Å². The van der Waals surface area contributed by atoms with Gasteiger partial charge in [0.25, 0.3) is 0 Å². The second-order valence-electron chi connectivity index (χ2n) is 5.33. The van der Waals surface area contributed by atoms with Gasteiger partial charge >= 0.3 is 0 Å². The van der Waals surface area contributed by atoms with Crippen molar-refractivity contribution in [2.24, 2.45) is 0 Å². The lowest BCUT2D eigenvalue weighted by Gasteiger charge is -2.30. The highest BCUT2D eigenvalue weighted by molar-refractivity contribution is 5.38. The summed E-state index contributed by atoms with van der Waals surface area (Å²) in [7, 11) is 3.35. The number of nitrogens with two attached hydrogens (primary N) is 1. The van der Waals surface area contributed by atoms with Crippen molar-refractivity contribution in [3.63, 3.8) is 0 Å². The molecule has 0 aliphatic carbocycles. The zero-order valence-corrected chi connectivity index (χ0v) is 12.4. The van der Waals surface area contributed by atoms with E-state index in [4.69, 9.17) is 9.47 Å². The van der Waals surface area contributed by atoms with Crippen LogP contribution in [0.5, 0.6) is 11.5 Å². The first-order valence-corrected chi connectivity index (χ1v) is 7.26. The Labute approximate surface area is 120 Å². The van der Waals surface area contributed by atoms with E-state index in [0.717, 1.165) is 44.1 Å². The third-order valence-electron chi connectivity index (χ3n) is 4.02. The molecule has 1 heterocycles. The Morgan fingerprint density at radius 1 is 1.25 bits per heavy atom. The number of nitrogens with one attached hydrogen (secondary N) is 1. The summed E-state index contributed by atoms with van der Waals surface area (Å²) in [5.41, 5.74) is 1.22. The number of aliphatic hydroxyl groups excluding tert-OH is 1. The molecule has 5 nitrogen and oxygen atoms in total. The number of ether oxygens (including phenoxy) is 2. The Hall–Kier alpha value is -1.30. The summed E-state index contributed by atoms with van der Waals surface area (Å²) in [6, 6.07) is 6.56. The molecule has 4 N–H and O–H groups in total. The molecule has 0 aromatic heterocycles. The summed E-state index contributed by atoms with van der Waals surface area (Å²) in [6.07, 6.45) is 0.868. The predicted molar refractivity (Wildman–Crippen MR) is 76.2 cm³/mol. The molecule has 1 fully saturated rings. The first-order chi connectivity index (χ1) is 9.76. The molecule has 1 aliphatic rings. The minimum atomic E-state index is 0.267. The minimum Gasteiger partial charge on any atom is -0.497 e. The molecule has 112 valence electrons. The molecular formula is C15H26N2O3+2. The summed E-state index contributed by atoms with van der Waals surface area (Å²) in [5, 5.41) is 11.5. The van der Waals surface area contributed by atoms with Gasteiger partial charge in [0.1, 0.15) is 43.7 Å². The molecule has 5 heteroatoms. The maximum atomic E-state index is 9.20. The van der Waals surface area contributed by atoms with Crippen LogP contribution in [0.3, 0.4) is 0 Å². The monoisotopic (exact) mass is 282 g/mol. The number of hydrogen-bond donors (Lipinski definition) is 3. The third kappa shape index (κ3) is 3.85. The lowest BCUT2D eigenvalue weighted by molar-refractivity contribution is -0.982. The molecule has 0 spiro atoms. The number of quaternary nitrogens is 2. The highest BCUT2D eigenvalue weighted by atomic mass is 16.5. The van der Waals surface area contributed by atoms with Crippen LogP contribution in [0.15, 0.2) is 18.2 Å². The number of rotatable bonds is 6. The fourth-order valence-corrected chi connectivity index (χ4v) is 2.92. The van der Waals surface area contributed by atoms with E-state index in [-0.39, 0.29) is 6.61 Å². The van der Waals surface area contributed by atoms with Crippen LogP contribution in [0.4, 0.5) is 0 Å². The Balaban J connectivity index is 2.10. The van der Waals surface area contributed by atoms with Crippen LogP contribution in [0.25, 0.3) is 0 Å². The molecule has 1 saturated heterocycles. The van der Waals surface area contributed by atoms with E-state index < -0.39 is 0 Å².